The topological polar surface area (TPSA) is 30.7 Å². The molecule has 2 rings (SSSR count). The molecule has 0 bridgehead atoms. The first-order valence-electron chi connectivity index (χ1n) is 5.26. The van der Waals surface area contributed by atoms with Crippen molar-refractivity contribution in [2.45, 2.75) is 26.7 Å². The minimum Gasteiger partial charge on any atom is -0.288 e. The molecule has 0 radical (unpaired) electrons. The zero-order chi connectivity index (χ0) is 10.7. The van der Waals surface area contributed by atoms with Crippen LogP contribution in [0.1, 0.15) is 24.7 Å². The molecule has 2 aromatic heterocycles. The van der Waals surface area contributed by atoms with Gasteiger partial charge in [-0.05, 0) is 25.0 Å². The Bertz CT molecular complexity index is 428. The molecule has 0 N–H and O–H groups in total. The second kappa shape index (κ2) is 4.26. The van der Waals surface area contributed by atoms with Crippen molar-refractivity contribution in [2.24, 2.45) is 0 Å². The van der Waals surface area contributed by atoms with Gasteiger partial charge in [0.05, 0.1) is 0 Å². The maximum atomic E-state index is 4.39. The Balaban J connectivity index is 2.36. The molecule has 0 amide bonds. The van der Waals surface area contributed by atoms with E-state index >= 15 is 0 Å². The van der Waals surface area contributed by atoms with Gasteiger partial charge >= 0.3 is 0 Å². The summed E-state index contributed by atoms with van der Waals surface area (Å²) < 4.78 is 2.04. The standard InChI is InChI=1S/C12H15N3/c1-3-4-11-13-7-8-15(11)12-6-5-10(2)9-14-12/h5-9H,3-4H2,1-2H3. The van der Waals surface area contributed by atoms with Gasteiger partial charge in [-0.1, -0.05) is 13.0 Å². The molecule has 15 heavy (non-hydrogen) atoms. The van der Waals surface area contributed by atoms with Crippen molar-refractivity contribution in [3.05, 3.63) is 42.1 Å². The van der Waals surface area contributed by atoms with Crippen molar-refractivity contribution in [2.75, 3.05) is 0 Å². The first kappa shape index (κ1) is 9.90. The maximum absolute atomic E-state index is 4.39. The molecule has 0 aliphatic rings. The van der Waals surface area contributed by atoms with Crippen molar-refractivity contribution >= 4 is 0 Å². The van der Waals surface area contributed by atoms with Crippen molar-refractivity contribution in [1.29, 1.82) is 0 Å². The third-order valence-corrected chi connectivity index (χ3v) is 2.33. The summed E-state index contributed by atoms with van der Waals surface area (Å²) >= 11 is 0. The number of rotatable bonds is 3. The van der Waals surface area contributed by atoms with Gasteiger partial charge in [-0.2, -0.15) is 0 Å². The molecule has 0 saturated carbocycles. The molecule has 0 fully saturated rings. The molecule has 0 aliphatic heterocycles. The molecular formula is C12H15N3. The fraction of sp³-hybridized carbons (Fsp3) is 0.333. The third-order valence-electron chi connectivity index (χ3n) is 2.33. The summed E-state index contributed by atoms with van der Waals surface area (Å²) in [5.41, 5.74) is 1.18. The summed E-state index contributed by atoms with van der Waals surface area (Å²) in [7, 11) is 0. The lowest BCUT2D eigenvalue weighted by atomic mass is 10.3. The van der Waals surface area contributed by atoms with Crippen LogP contribution in [0.3, 0.4) is 0 Å². The average molecular weight is 201 g/mol. The molecule has 0 spiro atoms. The summed E-state index contributed by atoms with van der Waals surface area (Å²) in [5.74, 6) is 2.02. The monoisotopic (exact) mass is 201 g/mol. The van der Waals surface area contributed by atoms with E-state index in [4.69, 9.17) is 0 Å². The van der Waals surface area contributed by atoms with E-state index in [9.17, 15) is 0 Å². The number of pyridine rings is 1. The number of nitrogens with zero attached hydrogens (tertiary/aromatic N) is 3. The highest BCUT2D eigenvalue weighted by Gasteiger charge is 2.03. The second-order valence-electron chi connectivity index (χ2n) is 3.66. The number of hydrogen-bond donors (Lipinski definition) is 0. The number of imidazole rings is 1. The molecule has 78 valence electrons. The summed E-state index contributed by atoms with van der Waals surface area (Å²) in [6.45, 7) is 4.19. The van der Waals surface area contributed by atoms with Gasteiger partial charge in [-0.3, -0.25) is 4.57 Å². The Hall–Kier alpha value is -1.64. The Labute approximate surface area is 89.8 Å². The van der Waals surface area contributed by atoms with Gasteiger partial charge in [0.25, 0.3) is 0 Å². The predicted octanol–water partition coefficient (Wildman–Crippen LogP) is 2.53. The minimum atomic E-state index is 0.946. The molecule has 0 atom stereocenters. The molecule has 0 saturated heterocycles. The first-order valence-corrected chi connectivity index (χ1v) is 5.26. The van der Waals surface area contributed by atoms with E-state index in [0.29, 0.717) is 0 Å². The van der Waals surface area contributed by atoms with Crippen molar-refractivity contribution < 1.29 is 0 Å². The first-order chi connectivity index (χ1) is 7.31. The SMILES string of the molecule is CCCc1nccn1-c1ccc(C)cn1. The molecule has 0 aromatic carbocycles. The van der Waals surface area contributed by atoms with Crippen LogP contribution in [0.15, 0.2) is 30.7 Å². The normalized spacial score (nSPS) is 10.5. The summed E-state index contributed by atoms with van der Waals surface area (Å²) in [4.78, 5) is 8.71. The largest absolute Gasteiger partial charge is 0.288 e. The quantitative estimate of drug-likeness (QED) is 0.764. The lowest BCUT2D eigenvalue weighted by Crippen LogP contribution is -2.02. The number of aromatic nitrogens is 3. The van der Waals surface area contributed by atoms with Gasteiger partial charge in [-0.25, -0.2) is 9.97 Å². The summed E-state index contributed by atoms with van der Waals surface area (Å²) in [6.07, 6.45) is 7.76. The number of hydrogen-bond acceptors (Lipinski definition) is 2. The van der Waals surface area contributed by atoms with Crippen LogP contribution in [0.2, 0.25) is 0 Å². The second-order valence-corrected chi connectivity index (χ2v) is 3.66. The average Bonchev–Trinajstić information content (AvgIpc) is 2.68. The fourth-order valence-corrected chi connectivity index (χ4v) is 1.55. The maximum Gasteiger partial charge on any atom is 0.137 e. The molecule has 3 nitrogen and oxygen atoms in total. The van der Waals surface area contributed by atoms with Crippen LogP contribution in [0.4, 0.5) is 0 Å². The third kappa shape index (κ3) is 2.06. The minimum absolute atomic E-state index is 0.946. The highest BCUT2D eigenvalue weighted by Crippen LogP contribution is 2.09. The smallest absolute Gasteiger partial charge is 0.137 e. The van der Waals surface area contributed by atoms with E-state index in [1.165, 1.54) is 5.56 Å². The van der Waals surface area contributed by atoms with E-state index in [1.54, 1.807) is 0 Å². The van der Waals surface area contributed by atoms with Gasteiger partial charge < -0.3 is 0 Å². The van der Waals surface area contributed by atoms with Gasteiger partial charge in [0.1, 0.15) is 11.6 Å². The van der Waals surface area contributed by atoms with Crippen molar-refractivity contribution in [3.8, 4) is 5.82 Å². The van der Waals surface area contributed by atoms with Crippen LogP contribution < -0.4 is 0 Å². The fourth-order valence-electron chi connectivity index (χ4n) is 1.55. The van der Waals surface area contributed by atoms with Gasteiger partial charge in [0.2, 0.25) is 0 Å². The van der Waals surface area contributed by atoms with Gasteiger partial charge in [0, 0.05) is 25.0 Å². The highest BCUT2D eigenvalue weighted by molar-refractivity contribution is 5.26. The van der Waals surface area contributed by atoms with E-state index in [-0.39, 0.29) is 0 Å². The zero-order valence-corrected chi connectivity index (χ0v) is 9.14. The van der Waals surface area contributed by atoms with E-state index < -0.39 is 0 Å². The lowest BCUT2D eigenvalue weighted by Gasteiger charge is -2.05. The summed E-state index contributed by atoms with van der Waals surface area (Å²) in [6, 6.07) is 4.09. The van der Waals surface area contributed by atoms with Crippen molar-refractivity contribution in [1.82, 2.24) is 14.5 Å². The molecule has 2 heterocycles. The Kier molecular flexibility index (Phi) is 2.81. The highest BCUT2D eigenvalue weighted by atomic mass is 15.1. The van der Waals surface area contributed by atoms with E-state index in [2.05, 4.69) is 23.0 Å². The van der Waals surface area contributed by atoms with Crippen LogP contribution in [0.5, 0.6) is 0 Å². The zero-order valence-electron chi connectivity index (χ0n) is 9.14. The van der Waals surface area contributed by atoms with Gasteiger partial charge in [0.15, 0.2) is 0 Å². The summed E-state index contributed by atoms with van der Waals surface area (Å²) in [5, 5.41) is 0. The van der Waals surface area contributed by atoms with Crippen LogP contribution in [0, 0.1) is 6.92 Å². The lowest BCUT2D eigenvalue weighted by molar-refractivity contribution is 0.798. The van der Waals surface area contributed by atoms with E-state index in [1.807, 2.05) is 36.1 Å². The Morgan fingerprint density at radius 2 is 2.13 bits per heavy atom. The van der Waals surface area contributed by atoms with E-state index in [0.717, 1.165) is 24.5 Å². The number of aryl methyl sites for hydroxylation is 2. The van der Waals surface area contributed by atoms with Gasteiger partial charge in [-0.15, -0.1) is 0 Å². The Morgan fingerprint density at radius 1 is 1.27 bits per heavy atom. The Morgan fingerprint density at radius 3 is 2.80 bits per heavy atom. The predicted molar refractivity (Wildman–Crippen MR) is 60.1 cm³/mol. The van der Waals surface area contributed by atoms with Crippen LogP contribution in [-0.2, 0) is 6.42 Å². The molecule has 3 heteroatoms. The van der Waals surface area contributed by atoms with Crippen molar-refractivity contribution in [3.63, 3.8) is 0 Å². The van der Waals surface area contributed by atoms with Crippen LogP contribution in [0.25, 0.3) is 5.82 Å². The molecular weight excluding hydrogens is 186 g/mol. The van der Waals surface area contributed by atoms with Crippen LogP contribution >= 0.6 is 0 Å². The molecule has 0 aliphatic carbocycles. The molecule has 2 aromatic rings. The molecule has 0 unspecified atom stereocenters. The van der Waals surface area contributed by atoms with Crippen LogP contribution in [-0.4, -0.2) is 14.5 Å².